The van der Waals surface area contributed by atoms with Gasteiger partial charge in [-0.05, 0) is 37.5 Å². The molecule has 0 saturated carbocycles. The normalized spacial score (nSPS) is 12.4. The van der Waals surface area contributed by atoms with Gasteiger partial charge >= 0.3 is 0 Å². The van der Waals surface area contributed by atoms with Gasteiger partial charge < -0.3 is 10.6 Å². The van der Waals surface area contributed by atoms with Gasteiger partial charge in [-0.3, -0.25) is 4.99 Å². The van der Waals surface area contributed by atoms with Crippen molar-refractivity contribution in [1.82, 2.24) is 14.9 Å². The third-order valence-electron chi connectivity index (χ3n) is 3.60. The number of nitrogens with zero attached hydrogens (tertiary/aromatic N) is 2. The lowest BCUT2D eigenvalue weighted by molar-refractivity contribution is 0.427. The van der Waals surface area contributed by atoms with E-state index in [2.05, 4.69) is 15.6 Å². The summed E-state index contributed by atoms with van der Waals surface area (Å²) in [5, 5.41) is 6.35. The number of benzene rings is 1. The van der Waals surface area contributed by atoms with Crippen molar-refractivity contribution in [1.29, 1.82) is 0 Å². The van der Waals surface area contributed by atoms with Gasteiger partial charge in [0.1, 0.15) is 5.82 Å². The van der Waals surface area contributed by atoms with Crippen LogP contribution in [0.1, 0.15) is 25.8 Å². The van der Waals surface area contributed by atoms with Crippen molar-refractivity contribution in [3.63, 3.8) is 0 Å². The highest BCUT2D eigenvalue weighted by Crippen LogP contribution is 2.03. The highest BCUT2D eigenvalue weighted by molar-refractivity contribution is 7.88. The molecule has 0 amide bonds. The molecule has 0 saturated heterocycles. The average molecular weight is 373 g/mol. The summed E-state index contributed by atoms with van der Waals surface area (Å²) in [5.41, 5.74) is 0.926. The third-order valence-corrected chi connectivity index (χ3v) is 4.98. The Morgan fingerprint density at radius 1 is 1.28 bits per heavy atom. The average Bonchev–Trinajstić information content (AvgIpc) is 2.53. The first-order valence-corrected chi connectivity index (χ1v) is 10.4. The lowest BCUT2D eigenvalue weighted by atomic mass is 10.1. The Kier molecular flexibility index (Phi) is 9.44. The lowest BCUT2D eigenvalue weighted by Crippen LogP contribution is -2.38. The molecule has 2 N–H and O–H groups in total. The molecule has 1 aromatic carbocycles. The van der Waals surface area contributed by atoms with E-state index in [9.17, 15) is 12.8 Å². The fraction of sp³-hybridized carbons (Fsp3) is 0.588. The molecule has 0 unspecified atom stereocenters. The fourth-order valence-corrected chi connectivity index (χ4v) is 3.29. The highest BCUT2D eigenvalue weighted by Gasteiger charge is 2.12. The number of halogens is 1. The molecule has 6 nitrogen and oxygen atoms in total. The first-order valence-electron chi connectivity index (χ1n) is 8.58. The van der Waals surface area contributed by atoms with Crippen LogP contribution in [0.5, 0.6) is 0 Å². The number of hydrogen-bond donors (Lipinski definition) is 2. The summed E-state index contributed by atoms with van der Waals surface area (Å²) in [6.07, 6.45) is 2.57. The number of guanidine groups is 1. The summed E-state index contributed by atoms with van der Waals surface area (Å²) in [6.45, 7) is 6.63. The summed E-state index contributed by atoms with van der Waals surface area (Å²) in [5.74, 6) is 0.450. The first kappa shape index (κ1) is 21.4. The molecular formula is C17H29FN4O2S. The Morgan fingerprint density at radius 2 is 2.04 bits per heavy atom. The molecule has 0 spiro atoms. The van der Waals surface area contributed by atoms with Crippen LogP contribution in [0.4, 0.5) is 4.39 Å². The first-order chi connectivity index (χ1) is 11.9. The van der Waals surface area contributed by atoms with Crippen LogP contribution in [-0.2, 0) is 16.4 Å². The number of rotatable bonds is 10. The zero-order valence-corrected chi connectivity index (χ0v) is 16.1. The second kappa shape index (κ2) is 11.0. The van der Waals surface area contributed by atoms with Gasteiger partial charge in [-0.25, -0.2) is 17.1 Å². The van der Waals surface area contributed by atoms with Crippen molar-refractivity contribution < 1.29 is 12.8 Å². The van der Waals surface area contributed by atoms with E-state index < -0.39 is 10.0 Å². The van der Waals surface area contributed by atoms with Crippen LogP contribution >= 0.6 is 0 Å². The molecule has 1 aromatic rings. The minimum Gasteiger partial charge on any atom is -0.357 e. The maximum atomic E-state index is 13.2. The van der Waals surface area contributed by atoms with Crippen molar-refractivity contribution in [2.45, 2.75) is 26.7 Å². The molecule has 0 aliphatic rings. The van der Waals surface area contributed by atoms with Gasteiger partial charge in [-0.2, -0.15) is 0 Å². The van der Waals surface area contributed by atoms with Gasteiger partial charge in [0.05, 0.1) is 6.26 Å². The van der Waals surface area contributed by atoms with E-state index in [0.717, 1.165) is 12.1 Å². The Bertz CT molecular complexity index is 650. The predicted molar refractivity (Wildman–Crippen MR) is 101 cm³/mol. The Morgan fingerprint density at radius 3 is 2.64 bits per heavy atom. The van der Waals surface area contributed by atoms with Crippen molar-refractivity contribution in [3.8, 4) is 0 Å². The van der Waals surface area contributed by atoms with E-state index >= 15 is 0 Å². The van der Waals surface area contributed by atoms with Crippen LogP contribution in [0, 0.1) is 5.82 Å². The molecule has 0 atom stereocenters. The molecular weight excluding hydrogens is 343 g/mol. The number of hydrogen-bond acceptors (Lipinski definition) is 3. The summed E-state index contributed by atoms with van der Waals surface area (Å²) in [4.78, 5) is 4.45. The SMILES string of the molecule is CCNC(=NCCCN(CC)S(C)(=O)=O)NCCc1cccc(F)c1. The zero-order chi connectivity index (χ0) is 18.7. The van der Waals surface area contributed by atoms with Crippen LogP contribution < -0.4 is 10.6 Å². The molecule has 142 valence electrons. The van der Waals surface area contributed by atoms with E-state index in [1.165, 1.54) is 22.7 Å². The Balaban J connectivity index is 2.43. The second-order valence-corrected chi connectivity index (χ2v) is 7.66. The molecule has 0 aliphatic heterocycles. The topological polar surface area (TPSA) is 73.8 Å². The number of aliphatic imine (C=N–C) groups is 1. The summed E-state index contributed by atoms with van der Waals surface area (Å²) >= 11 is 0. The molecule has 0 heterocycles. The lowest BCUT2D eigenvalue weighted by Gasteiger charge is -2.17. The van der Waals surface area contributed by atoms with E-state index in [1.54, 1.807) is 6.07 Å². The van der Waals surface area contributed by atoms with Crippen LogP contribution in [0.3, 0.4) is 0 Å². The molecule has 0 aromatic heterocycles. The Hall–Kier alpha value is -1.67. The fourth-order valence-electron chi connectivity index (χ4n) is 2.36. The van der Waals surface area contributed by atoms with Gasteiger partial charge in [0, 0.05) is 32.7 Å². The molecule has 0 radical (unpaired) electrons. The third kappa shape index (κ3) is 8.83. The standard InChI is InChI=1S/C17H29FN4O2S/c1-4-19-17(20-11-7-13-22(5-2)25(3,23)24)21-12-10-15-8-6-9-16(18)14-15/h6,8-9,14H,4-5,7,10-13H2,1-3H3,(H2,19,20,21). The number of nitrogens with one attached hydrogen (secondary N) is 2. The van der Waals surface area contributed by atoms with Crippen LogP contribution in [0.25, 0.3) is 0 Å². The van der Waals surface area contributed by atoms with Gasteiger partial charge in [-0.1, -0.05) is 19.1 Å². The predicted octanol–water partition coefficient (Wildman–Crippen LogP) is 1.59. The summed E-state index contributed by atoms with van der Waals surface area (Å²) in [7, 11) is -3.15. The summed E-state index contributed by atoms with van der Waals surface area (Å²) in [6, 6.07) is 6.54. The number of sulfonamides is 1. The van der Waals surface area contributed by atoms with Gasteiger partial charge in [0.25, 0.3) is 0 Å². The Labute approximate surface area is 150 Å². The van der Waals surface area contributed by atoms with Gasteiger partial charge in [0.2, 0.25) is 10.0 Å². The van der Waals surface area contributed by atoms with Crippen LogP contribution in [-0.4, -0.2) is 57.7 Å². The highest BCUT2D eigenvalue weighted by atomic mass is 32.2. The second-order valence-electron chi connectivity index (χ2n) is 5.68. The van der Waals surface area contributed by atoms with Crippen LogP contribution in [0.2, 0.25) is 0 Å². The molecule has 1 rings (SSSR count). The molecule has 0 fully saturated rings. The quantitative estimate of drug-likeness (QED) is 0.372. The smallest absolute Gasteiger partial charge is 0.211 e. The van der Waals surface area contributed by atoms with Crippen LogP contribution in [0.15, 0.2) is 29.3 Å². The molecule has 0 bridgehead atoms. The monoisotopic (exact) mass is 372 g/mol. The van der Waals surface area contributed by atoms with E-state index in [4.69, 9.17) is 0 Å². The van der Waals surface area contributed by atoms with Crippen molar-refractivity contribution >= 4 is 16.0 Å². The minimum atomic E-state index is -3.15. The zero-order valence-electron chi connectivity index (χ0n) is 15.3. The molecule has 8 heteroatoms. The van der Waals surface area contributed by atoms with E-state index in [-0.39, 0.29) is 5.82 Å². The minimum absolute atomic E-state index is 0.232. The molecule has 0 aliphatic carbocycles. The van der Waals surface area contributed by atoms with Crippen molar-refractivity contribution in [2.24, 2.45) is 4.99 Å². The van der Waals surface area contributed by atoms with E-state index in [1.807, 2.05) is 19.9 Å². The largest absolute Gasteiger partial charge is 0.357 e. The van der Waals surface area contributed by atoms with Gasteiger partial charge in [0.15, 0.2) is 5.96 Å². The van der Waals surface area contributed by atoms with Crippen molar-refractivity contribution in [2.75, 3.05) is 39.0 Å². The van der Waals surface area contributed by atoms with Gasteiger partial charge in [-0.15, -0.1) is 0 Å². The maximum Gasteiger partial charge on any atom is 0.211 e. The molecule has 25 heavy (non-hydrogen) atoms. The maximum absolute atomic E-state index is 13.2. The van der Waals surface area contributed by atoms with Crippen molar-refractivity contribution in [3.05, 3.63) is 35.6 Å². The van der Waals surface area contributed by atoms with E-state index in [0.29, 0.717) is 45.0 Å². The summed E-state index contributed by atoms with van der Waals surface area (Å²) < 4.78 is 37.7.